The van der Waals surface area contributed by atoms with Crippen molar-refractivity contribution >= 4 is 10.0 Å². The first kappa shape index (κ1) is 16.2. The maximum Gasteiger partial charge on any atom is 0.241 e. The zero-order valence-corrected chi connectivity index (χ0v) is 13.7. The summed E-state index contributed by atoms with van der Waals surface area (Å²) in [7, 11) is -3.67. The van der Waals surface area contributed by atoms with Crippen LogP contribution in [0, 0.1) is 0 Å². The molecular formula is C18H21NO3S. The molecule has 1 fully saturated rings. The van der Waals surface area contributed by atoms with Crippen LogP contribution in [0.3, 0.4) is 0 Å². The highest BCUT2D eigenvalue weighted by atomic mass is 32.2. The fourth-order valence-corrected chi connectivity index (χ4v) is 4.42. The molecule has 0 saturated heterocycles. The molecule has 1 aliphatic carbocycles. The molecular weight excluding hydrogens is 310 g/mol. The molecule has 3 rings (SSSR count). The maximum atomic E-state index is 12.7. The highest BCUT2D eigenvalue weighted by Crippen LogP contribution is 2.30. The summed E-state index contributed by atoms with van der Waals surface area (Å²) >= 11 is 0. The van der Waals surface area contributed by atoms with Crippen LogP contribution in [0.2, 0.25) is 0 Å². The van der Waals surface area contributed by atoms with E-state index in [1.807, 2.05) is 36.4 Å². The summed E-state index contributed by atoms with van der Waals surface area (Å²) in [6.07, 6.45) is 3.18. The van der Waals surface area contributed by atoms with Crippen LogP contribution in [-0.2, 0) is 10.0 Å². The first-order valence-electron chi connectivity index (χ1n) is 7.87. The summed E-state index contributed by atoms with van der Waals surface area (Å²) in [5.41, 5.74) is 0.612. The Morgan fingerprint density at radius 2 is 1.57 bits per heavy atom. The predicted molar refractivity (Wildman–Crippen MR) is 90.5 cm³/mol. The lowest BCUT2D eigenvalue weighted by Gasteiger charge is -2.22. The second-order valence-corrected chi connectivity index (χ2v) is 7.85. The average Bonchev–Trinajstić information content (AvgIpc) is 3.01. The summed E-state index contributed by atoms with van der Waals surface area (Å²) in [5.74, 6) is 0. The van der Waals surface area contributed by atoms with Gasteiger partial charge < -0.3 is 5.11 Å². The minimum atomic E-state index is -3.67. The Morgan fingerprint density at radius 3 is 2.26 bits per heavy atom. The average molecular weight is 331 g/mol. The van der Waals surface area contributed by atoms with E-state index < -0.39 is 15.6 Å². The molecule has 0 radical (unpaired) electrons. The Balaban J connectivity index is 1.88. The number of rotatable bonds is 5. The Hall–Kier alpha value is -1.69. The summed E-state index contributed by atoms with van der Waals surface area (Å²) in [5, 5.41) is 10.4. The van der Waals surface area contributed by atoms with Crippen LogP contribution >= 0.6 is 0 Å². The van der Waals surface area contributed by atoms with Gasteiger partial charge in [0.05, 0.1) is 10.5 Å². The van der Waals surface area contributed by atoms with Crippen molar-refractivity contribution in [1.29, 1.82) is 0 Å². The molecule has 0 heterocycles. The quantitative estimate of drug-likeness (QED) is 0.885. The lowest BCUT2D eigenvalue weighted by atomic mass is 10.0. The van der Waals surface area contributed by atoms with E-state index in [4.69, 9.17) is 0 Å². The van der Waals surface area contributed by atoms with E-state index in [0.29, 0.717) is 18.4 Å². The summed E-state index contributed by atoms with van der Waals surface area (Å²) in [6.45, 7) is 0.0679. The van der Waals surface area contributed by atoms with E-state index in [0.717, 1.165) is 18.4 Å². The number of hydrogen-bond donors (Lipinski definition) is 2. The van der Waals surface area contributed by atoms with Crippen LogP contribution in [0.1, 0.15) is 25.7 Å². The van der Waals surface area contributed by atoms with Gasteiger partial charge in [0.2, 0.25) is 10.0 Å². The summed E-state index contributed by atoms with van der Waals surface area (Å²) in [6, 6.07) is 16.4. The standard InChI is InChI=1S/C18H21NO3S/c20-18(12-6-7-13-18)14-19-23(21,22)17-11-5-4-10-16(17)15-8-2-1-3-9-15/h1-5,8-11,19-20H,6-7,12-14H2. The predicted octanol–water partition coefficient (Wildman–Crippen LogP) is 2.94. The second-order valence-electron chi connectivity index (χ2n) is 6.12. The van der Waals surface area contributed by atoms with E-state index in [2.05, 4.69) is 4.72 Å². The van der Waals surface area contributed by atoms with E-state index in [1.54, 1.807) is 18.2 Å². The van der Waals surface area contributed by atoms with Crippen molar-refractivity contribution in [2.24, 2.45) is 0 Å². The van der Waals surface area contributed by atoms with Crippen LogP contribution in [0.4, 0.5) is 0 Å². The molecule has 1 aliphatic rings. The van der Waals surface area contributed by atoms with E-state index >= 15 is 0 Å². The van der Waals surface area contributed by atoms with Gasteiger partial charge in [-0.2, -0.15) is 0 Å². The van der Waals surface area contributed by atoms with E-state index in [-0.39, 0.29) is 11.4 Å². The molecule has 0 unspecified atom stereocenters. The van der Waals surface area contributed by atoms with Gasteiger partial charge >= 0.3 is 0 Å². The number of benzene rings is 2. The molecule has 0 aromatic heterocycles. The number of nitrogens with one attached hydrogen (secondary N) is 1. The Bertz CT molecular complexity index is 766. The highest BCUT2D eigenvalue weighted by molar-refractivity contribution is 7.89. The minimum Gasteiger partial charge on any atom is -0.389 e. The minimum absolute atomic E-state index is 0.0679. The molecule has 2 N–H and O–H groups in total. The fourth-order valence-electron chi connectivity index (χ4n) is 3.07. The lowest BCUT2D eigenvalue weighted by molar-refractivity contribution is 0.0532. The lowest BCUT2D eigenvalue weighted by Crippen LogP contribution is -2.40. The van der Waals surface area contributed by atoms with Gasteiger partial charge in [-0.05, 0) is 24.5 Å². The van der Waals surface area contributed by atoms with Crippen molar-refractivity contribution in [3.63, 3.8) is 0 Å². The molecule has 0 atom stereocenters. The molecule has 2 aromatic rings. The van der Waals surface area contributed by atoms with Crippen LogP contribution in [0.25, 0.3) is 11.1 Å². The van der Waals surface area contributed by atoms with Crippen molar-refractivity contribution in [3.8, 4) is 11.1 Å². The molecule has 0 aliphatic heterocycles. The van der Waals surface area contributed by atoms with Gasteiger partial charge in [-0.25, -0.2) is 13.1 Å². The molecule has 5 heteroatoms. The molecule has 2 aromatic carbocycles. The van der Waals surface area contributed by atoms with Gasteiger partial charge in [0.15, 0.2) is 0 Å². The summed E-state index contributed by atoms with van der Waals surface area (Å²) < 4.78 is 28.0. The monoisotopic (exact) mass is 331 g/mol. The third-order valence-electron chi connectivity index (χ3n) is 4.39. The first-order chi connectivity index (χ1) is 11.0. The smallest absolute Gasteiger partial charge is 0.241 e. The summed E-state index contributed by atoms with van der Waals surface area (Å²) in [4.78, 5) is 0.243. The van der Waals surface area contributed by atoms with Crippen LogP contribution in [0.5, 0.6) is 0 Å². The van der Waals surface area contributed by atoms with Crippen molar-refractivity contribution in [2.75, 3.05) is 6.54 Å². The maximum absolute atomic E-state index is 12.7. The van der Waals surface area contributed by atoms with Gasteiger partial charge in [0.1, 0.15) is 0 Å². The normalized spacial score (nSPS) is 17.3. The Kier molecular flexibility index (Phi) is 4.53. The zero-order valence-electron chi connectivity index (χ0n) is 12.9. The first-order valence-corrected chi connectivity index (χ1v) is 9.35. The van der Waals surface area contributed by atoms with E-state index in [9.17, 15) is 13.5 Å². The molecule has 0 spiro atoms. The molecule has 1 saturated carbocycles. The van der Waals surface area contributed by atoms with Crippen molar-refractivity contribution < 1.29 is 13.5 Å². The van der Waals surface area contributed by atoms with Gasteiger partial charge in [0, 0.05) is 12.1 Å². The fraction of sp³-hybridized carbons (Fsp3) is 0.333. The number of hydrogen-bond acceptors (Lipinski definition) is 3. The third-order valence-corrected chi connectivity index (χ3v) is 5.85. The largest absolute Gasteiger partial charge is 0.389 e. The van der Waals surface area contributed by atoms with Crippen LogP contribution in [-0.4, -0.2) is 25.7 Å². The van der Waals surface area contributed by atoms with Crippen LogP contribution < -0.4 is 4.72 Å². The SMILES string of the molecule is O=S(=O)(NCC1(O)CCCC1)c1ccccc1-c1ccccc1. The number of sulfonamides is 1. The van der Waals surface area contributed by atoms with Crippen LogP contribution in [0.15, 0.2) is 59.5 Å². The van der Waals surface area contributed by atoms with Gasteiger partial charge in [0.25, 0.3) is 0 Å². The third kappa shape index (κ3) is 3.63. The second kappa shape index (κ2) is 6.43. The molecule has 4 nitrogen and oxygen atoms in total. The van der Waals surface area contributed by atoms with Crippen molar-refractivity contribution in [2.45, 2.75) is 36.2 Å². The Morgan fingerprint density at radius 1 is 0.957 bits per heavy atom. The Labute approximate surface area is 137 Å². The van der Waals surface area contributed by atoms with Gasteiger partial charge in [-0.1, -0.05) is 61.4 Å². The molecule has 122 valence electrons. The van der Waals surface area contributed by atoms with Crippen molar-refractivity contribution in [1.82, 2.24) is 4.72 Å². The van der Waals surface area contributed by atoms with E-state index in [1.165, 1.54) is 0 Å². The van der Waals surface area contributed by atoms with Gasteiger partial charge in [-0.15, -0.1) is 0 Å². The molecule has 0 amide bonds. The molecule has 23 heavy (non-hydrogen) atoms. The van der Waals surface area contributed by atoms with Gasteiger partial charge in [-0.3, -0.25) is 0 Å². The van der Waals surface area contributed by atoms with Crippen molar-refractivity contribution in [3.05, 3.63) is 54.6 Å². The number of aliphatic hydroxyl groups is 1. The molecule has 0 bridgehead atoms. The highest BCUT2D eigenvalue weighted by Gasteiger charge is 2.33. The zero-order chi connectivity index (χ0) is 16.3. The topological polar surface area (TPSA) is 66.4 Å².